The van der Waals surface area contributed by atoms with Crippen LogP contribution in [0.25, 0.3) is 56.1 Å². The van der Waals surface area contributed by atoms with Gasteiger partial charge in [0.2, 0.25) is 0 Å². The second-order valence-electron chi connectivity index (χ2n) is 11.8. The van der Waals surface area contributed by atoms with E-state index in [2.05, 4.69) is 160 Å². The molecule has 0 unspecified atom stereocenters. The Morgan fingerprint density at radius 1 is 0.388 bits per heavy atom. The van der Waals surface area contributed by atoms with Crippen LogP contribution >= 0.6 is 0 Å². The summed E-state index contributed by atoms with van der Waals surface area (Å²) in [7, 11) is 0. The van der Waals surface area contributed by atoms with Gasteiger partial charge in [-0.3, -0.25) is 9.13 Å². The largest absolute Gasteiger partial charge is 0.311 e. The van der Waals surface area contributed by atoms with E-state index in [1.165, 1.54) is 10.8 Å². The molecule has 49 heavy (non-hydrogen) atoms. The first-order valence-corrected chi connectivity index (χ1v) is 16.3. The summed E-state index contributed by atoms with van der Waals surface area (Å²) in [5, 5.41) is 11.9. The van der Waals surface area contributed by atoms with E-state index in [4.69, 9.17) is 15.2 Å². The minimum absolute atomic E-state index is 0.724. The van der Waals surface area contributed by atoms with Gasteiger partial charge in [0.05, 0.1) is 11.0 Å². The summed E-state index contributed by atoms with van der Waals surface area (Å²) in [5.74, 6) is 2.33. The molecular weight excluding hydrogens is 601 g/mol. The molecule has 6 nitrogen and oxygen atoms in total. The van der Waals surface area contributed by atoms with Gasteiger partial charge in [-0.15, -0.1) is 10.2 Å². The molecule has 0 aliphatic carbocycles. The molecule has 0 fully saturated rings. The van der Waals surface area contributed by atoms with Crippen molar-refractivity contribution >= 4 is 38.9 Å². The molecule has 9 rings (SSSR count). The molecule has 3 heterocycles. The maximum Gasteiger partial charge on any atom is 0.170 e. The van der Waals surface area contributed by atoms with Crippen molar-refractivity contribution in [3.63, 3.8) is 0 Å². The molecule has 6 aromatic carbocycles. The standard InChI is InChI=1S/C43H30N6/c1-4-14-33(15-5-1)47(34-16-6-2-7-17-34)36-27-24-31(25-28-36)42-45-46-43(48(42)35-18-8-3-9-19-35)32-26-29-41(44-30-32)49-39-22-12-10-20-37(39)38-21-11-13-23-40(38)49/h1-30H. The summed E-state index contributed by atoms with van der Waals surface area (Å²) in [6, 6.07) is 60.7. The van der Waals surface area contributed by atoms with Gasteiger partial charge in [-0.25, -0.2) is 4.98 Å². The summed E-state index contributed by atoms with van der Waals surface area (Å²) in [6.07, 6.45) is 1.90. The number of fused-ring (bicyclic) bond motifs is 3. The number of para-hydroxylation sites is 5. The summed E-state index contributed by atoms with van der Waals surface area (Å²) in [4.78, 5) is 7.23. The average Bonchev–Trinajstić information content (AvgIpc) is 3.77. The minimum atomic E-state index is 0.724. The highest BCUT2D eigenvalue weighted by molar-refractivity contribution is 6.09. The zero-order valence-corrected chi connectivity index (χ0v) is 26.5. The fraction of sp³-hybridized carbons (Fsp3) is 0. The summed E-state index contributed by atoms with van der Waals surface area (Å²) in [5.41, 5.74) is 8.30. The van der Waals surface area contributed by atoms with Crippen molar-refractivity contribution in [1.82, 2.24) is 24.3 Å². The van der Waals surface area contributed by atoms with Crippen LogP contribution in [-0.4, -0.2) is 24.3 Å². The van der Waals surface area contributed by atoms with E-state index in [0.717, 1.165) is 62.4 Å². The Bertz CT molecular complexity index is 2430. The molecule has 232 valence electrons. The summed E-state index contributed by atoms with van der Waals surface area (Å²) >= 11 is 0. The predicted molar refractivity (Wildman–Crippen MR) is 199 cm³/mol. The quantitative estimate of drug-likeness (QED) is 0.176. The minimum Gasteiger partial charge on any atom is -0.311 e. The van der Waals surface area contributed by atoms with Crippen molar-refractivity contribution in [2.75, 3.05) is 4.90 Å². The Labute approximate surface area is 283 Å². The highest BCUT2D eigenvalue weighted by atomic mass is 15.3. The van der Waals surface area contributed by atoms with Crippen molar-refractivity contribution in [2.45, 2.75) is 0 Å². The molecule has 0 atom stereocenters. The topological polar surface area (TPSA) is 51.8 Å². The SMILES string of the molecule is c1ccc(N(c2ccccc2)c2ccc(-c3nnc(-c4ccc(-n5c6ccccc6c6ccccc65)nc4)n3-c3ccccc3)cc2)cc1. The van der Waals surface area contributed by atoms with Crippen LogP contribution in [0, 0.1) is 0 Å². The highest BCUT2D eigenvalue weighted by Gasteiger charge is 2.20. The van der Waals surface area contributed by atoms with Crippen molar-refractivity contribution in [2.24, 2.45) is 0 Å². The van der Waals surface area contributed by atoms with Gasteiger partial charge < -0.3 is 4.90 Å². The number of aromatic nitrogens is 5. The lowest BCUT2D eigenvalue weighted by atomic mass is 10.1. The van der Waals surface area contributed by atoms with Crippen LogP contribution in [0.3, 0.4) is 0 Å². The van der Waals surface area contributed by atoms with Crippen molar-refractivity contribution < 1.29 is 0 Å². The first kappa shape index (κ1) is 28.4. The highest BCUT2D eigenvalue weighted by Crippen LogP contribution is 2.37. The smallest absolute Gasteiger partial charge is 0.170 e. The van der Waals surface area contributed by atoms with Gasteiger partial charge in [-0.05, 0) is 84.9 Å². The monoisotopic (exact) mass is 630 g/mol. The van der Waals surface area contributed by atoms with Crippen LogP contribution in [0.15, 0.2) is 182 Å². The van der Waals surface area contributed by atoms with E-state index in [1.807, 2.05) is 36.5 Å². The third kappa shape index (κ3) is 5.03. The van der Waals surface area contributed by atoms with E-state index in [0.29, 0.717) is 0 Å². The number of hydrogen-bond acceptors (Lipinski definition) is 4. The molecule has 0 spiro atoms. The number of pyridine rings is 1. The first-order chi connectivity index (χ1) is 24.3. The van der Waals surface area contributed by atoms with E-state index in [-0.39, 0.29) is 0 Å². The van der Waals surface area contributed by atoms with E-state index >= 15 is 0 Å². The number of rotatable bonds is 7. The molecular formula is C43H30N6. The van der Waals surface area contributed by atoms with Crippen LogP contribution in [0.1, 0.15) is 0 Å². The number of nitrogens with zero attached hydrogens (tertiary/aromatic N) is 6. The third-order valence-corrected chi connectivity index (χ3v) is 8.91. The molecule has 0 N–H and O–H groups in total. The Balaban J connectivity index is 1.12. The molecule has 0 saturated carbocycles. The van der Waals surface area contributed by atoms with Gasteiger partial charge in [0.25, 0.3) is 0 Å². The molecule has 0 aliphatic rings. The Morgan fingerprint density at radius 2 is 0.857 bits per heavy atom. The first-order valence-electron chi connectivity index (χ1n) is 16.3. The van der Waals surface area contributed by atoms with Crippen LogP contribution < -0.4 is 4.90 Å². The Morgan fingerprint density at radius 3 is 1.41 bits per heavy atom. The normalized spacial score (nSPS) is 11.3. The Kier molecular flexibility index (Phi) is 7.02. The van der Waals surface area contributed by atoms with Gasteiger partial charge in [0, 0.05) is 50.8 Å². The number of hydrogen-bond donors (Lipinski definition) is 0. The van der Waals surface area contributed by atoms with E-state index in [1.54, 1.807) is 0 Å². The lowest BCUT2D eigenvalue weighted by Crippen LogP contribution is -2.09. The molecule has 3 aromatic heterocycles. The maximum atomic E-state index is 4.98. The number of anilines is 3. The van der Waals surface area contributed by atoms with Gasteiger partial charge in [-0.1, -0.05) is 91.0 Å². The van der Waals surface area contributed by atoms with Gasteiger partial charge >= 0.3 is 0 Å². The fourth-order valence-corrected chi connectivity index (χ4v) is 6.66. The fourth-order valence-electron chi connectivity index (χ4n) is 6.66. The van der Waals surface area contributed by atoms with Crippen LogP contribution in [0.5, 0.6) is 0 Å². The second kappa shape index (κ2) is 12.1. The van der Waals surface area contributed by atoms with Gasteiger partial charge in [-0.2, -0.15) is 0 Å². The predicted octanol–water partition coefficient (Wildman–Crippen LogP) is 10.6. The number of benzene rings is 6. The third-order valence-electron chi connectivity index (χ3n) is 8.91. The summed E-state index contributed by atoms with van der Waals surface area (Å²) in [6.45, 7) is 0. The molecule has 0 bridgehead atoms. The van der Waals surface area contributed by atoms with Crippen molar-refractivity contribution in [3.8, 4) is 34.3 Å². The molecule has 9 aromatic rings. The molecule has 6 heteroatoms. The lowest BCUT2D eigenvalue weighted by molar-refractivity contribution is 1.05. The van der Waals surface area contributed by atoms with Crippen molar-refractivity contribution in [3.05, 3.63) is 182 Å². The lowest BCUT2D eigenvalue weighted by Gasteiger charge is -2.25. The van der Waals surface area contributed by atoms with Crippen LogP contribution in [0.2, 0.25) is 0 Å². The Hall–Kier alpha value is -6.79. The van der Waals surface area contributed by atoms with Crippen LogP contribution in [-0.2, 0) is 0 Å². The van der Waals surface area contributed by atoms with E-state index in [9.17, 15) is 0 Å². The second-order valence-corrected chi connectivity index (χ2v) is 11.8. The average molecular weight is 631 g/mol. The molecule has 0 aliphatic heterocycles. The van der Waals surface area contributed by atoms with Crippen molar-refractivity contribution in [1.29, 1.82) is 0 Å². The maximum absolute atomic E-state index is 4.98. The van der Waals surface area contributed by atoms with Gasteiger partial charge in [0.15, 0.2) is 11.6 Å². The van der Waals surface area contributed by atoms with Gasteiger partial charge in [0.1, 0.15) is 5.82 Å². The van der Waals surface area contributed by atoms with Crippen LogP contribution in [0.4, 0.5) is 17.1 Å². The molecule has 0 radical (unpaired) electrons. The molecule has 0 saturated heterocycles. The molecule has 0 amide bonds. The summed E-state index contributed by atoms with van der Waals surface area (Å²) < 4.78 is 4.33. The zero-order chi connectivity index (χ0) is 32.6. The zero-order valence-electron chi connectivity index (χ0n) is 26.5. The van der Waals surface area contributed by atoms with E-state index < -0.39 is 0 Å².